The van der Waals surface area contributed by atoms with Crippen molar-refractivity contribution < 1.29 is 9.59 Å². The van der Waals surface area contributed by atoms with Gasteiger partial charge in [0.05, 0.1) is 17.8 Å². The van der Waals surface area contributed by atoms with Gasteiger partial charge in [-0.2, -0.15) is 11.8 Å². The number of carbonyl (C=O) groups excluding carboxylic acids is 2. The van der Waals surface area contributed by atoms with Gasteiger partial charge >= 0.3 is 6.03 Å². The molecule has 0 saturated carbocycles. The Morgan fingerprint density at radius 1 is 1.03 bits per heavy atom. The van der Waals surface area contributed by atoms with Gasteiger partial charge in [-0.3, -0.25) is 25.1 Å². The number of rotatable bonds is 5. The maximum atomic E-state index is 13.4. The molecule has 1 aliphatic rings. The normalized spacial score (nSPS) is 13.5. The minimum absolute atomic E-state index is 0.0509. The van der Waals surface area contributed by atoms with Crippen molar-refractivity contribution in [1.82, 2.24) is 20.3 Å². The molecule has 1 aliphatic heterocycles. The van der Waals surface area contributed by atoms with Crippen LogP contribution in [0, 0.1) is 0 Å². The van der Waals surface area contributed by atoms with Crippen molar-refractivity contribution in [3.63, 3.8) is 0 Å². The molecule has 32 heavy (non-hydrogen) atoms. The predicted molar refractivity (Wildman–Crippen MR) is 126 cm³/mol. The molecule has 2 aromatic heterocycles. The van der Waals surface area contributed by atoms with E-state index < -0.39 is 5.91 Å². The first-order valence-electron chi connectivity index (χ1n) is 10.3. The van der Waals surface area contributed by atoms with Gasteiger partial charge in [0.1, 0.15) is 0 Å². The Kier molecular flexibility index (Phi) is 6.98. The zero-order valence-corrected chi connectivity index (χ0v) is 18.3. The Hall–Kier alpha value is -3.43. The van der Waals surface area contributed by atoms with Gasteiger partial charge in [0.15, 0.2) is 0 Å². The van der Waals surface area contributed by atoms with Crippen molar-refractivity contribution in [2.45, 2.75) is 6.54 Å². The lowest BCUT2D eigenvalue weighted by Crippen LogP contribution is -2.46. The van der Waals surface area contributed by atoms with Gasteiger partial charge in [-0.05, 0) is 41.5 Å². The Morgan fingerprint density at radius 3 is 2.44 bits per heavy atom. The Labute approximate surface area is 190 Å². The van der Waals surface area contributed by atoms with Crippen molar-refractivity contribution in [3.05, 3.63) is 78.4 Å². The molecule has 0 unspecified atom stereocenters. The second kappa shape index (κ2) is 10.3. The van der Waals surface area contributed by atoms with Crippen molar-refractivity contribution in [2.24, 2.45) is 5.84 Å². The van der Waals surface area contributed by atoms with E-state index in [0.717, 1.165) is 41.4 Å². The number of nitrogens with one attached hydrogen (secondary N) is 1. The number of nitrogens with two attached hydrogens (primary N) is 1. The first-order valence-corrected chi connectivity index (χ1v) is 11.4. The standard InChI is InChI=1S/C23H24N6O2S/c24-27-22(30)19-3-6-20(26-15-19)16-29(23(31)28-10-12-32-13-11-28)21-7-4-17(5-8-21)18-2-1-9-25-14-18/h1-9,14-15H,10-13,16,24H2,(H,27,30). The molecule has 4 rings (SSSR count). The summed E-state index contributed by atoms with van der Waals surface area (Å²) in [6, 6.07) is 15.1. The largest absolute Gasteiger partial charge is 0.324 e. The van der Waals surface area contributed by atoms with Crippen LogP contribution in [-0.2, 0) is 6.54 Å². The molecule has 1 saturated heterocycles. The molecule has 3 heterocycles. The lowest BCUT2D eigenvalue weighted by Gasteiger charge is -2.33. The van der Waals surface area contributed by atoms with Gasteiger partial charge in [-0.15, -0.1) is 0 Å². The third-order valence-corrected chi connectivity index (χ3v) is 6.17. The van der Waals surface area contributed by atoms with Crippen LogP contribution < -0.4 is 16.2 Å². The van der Waals surface area contributed by atoms with E-state index in [1.807, 2.05) is 59.3 Å². The molecule has 0 atom stereocenters. The highest BCUT2D eigenvalue weighted by Crippen LogP contribution is 2.25. The highest BCUT2D eigenvalue weighted by molar-refractivity contribution is 7.99. The molecule has 1 fully saturated rings. The summed E-state index contributed by atoms with van der Waals surface area (Å²) in [6.07, 6.45) is 5.01. The maximum Gasteiger partial charge on any atom is 0.324 e. The highest BCUT2D eigenvalue weighted by atomic mass is 32.2. The van der Waals surface area contributed by atoms with E-state index in [9.17, 15) is 9.59 Å². The molecule has 3 amide bonds. The number of carbonyl (C=O) groups is 2. The molecule has 0 aliphatic carbocycles. The first-order chi connectivity index (χ1) is 15.7. The maximum absolute atomic E-state index is 13.4. The lowest BCUT2D eigenvalue weighted by molar-refractivity contribution is 0.0953. The quantitative estimate of drug-likeness (QED) is 0.353. The zero-order chi connectivity index (χ0) is 22.3. The van der Waals surface area contributed by atoms with E-state index in [4.69, 9.17) is 5.84 Å². The SMILES string of the molecule is NNC(=O)c1ccc(CN(C(=O)N2CCSCC2)c2ccc(-c3cccnc3)cc2)nc1. The van der Waals surface area contributed by atoms with Crippen LogP contribution >= 0.6 is 11.8 Å². The second-order valence-electron chi connectivity index (χ2n) is 7.27. The van der Waals surface area contributed by atoms with Crippen LogP contribution in [0.1, 0.15) is 16.1 Å². The van der Waals surface area contributed by atoms with Gasteiger partial charge in [0.25, 0.3) is 5.91 Å². The summed E-state index contributed by atoms with van der Waals surface area (Å²) in [4.78, 5) is 37.2. The molecule has 8 nitrogen and oxygen atoms in total. The van der Waals surface area contributed by atoms with Crippen LogP contribution in [0.25, 0.3) is 11.1 Å². The average Bonchev–Trinajstić information content (AvgIpc) is 2.88. The summed E-state index contributed by atoms with van der Waals surface area (Å²) >= 11 is 1.85. The van der Waals surface area contributed by atoms with E-state index in [-0.39, 0.29) is 6.03 Å². The number of hydrogen-bond donors (Lipinski definition) is 2. The molecule has 0 bridgehead atoms. The molecular formula is C23H24N6O2S. The van der Waals surface area contributed by atoms with Crippen molar-refractivity contribution in [2.75, 3.05) is 29.5 Å². The van der Waals surface area contributed by atoms with Gasteiger partial charge in [0.2, 0.25) is 0 Å². The van der Waals surface area contributed by atoms with Crippen molar-refractivity contribution in [3.8, 4) is 11.1 Å². The van der Waals surface area contributed by atoms with E-state index in [1.54, 1.807) is 23.2 Å². The minimum Gasteiger partial charge on any atom is -0.323 e. The van der Waals surface area contributed by atoms with Crippen LogP contribution in [0.5, 0.6) is 0 Å². The smallest absolute Gasteiger partial charge is 0.323 e. The topological polar surface area (TPSA) is 104 Å². The van der Waals surface area contributed by atoms with E-state index >= 15 is 0 Å². The molecule has 3 N–H and O–H groups in total. The van der Waals surface area contributed by atoms with Crippen LogP contribution in [0.2, 0.25) is 0 Å². The summed E-state index contributed by atoms with van der Waals surface area (Å²) < 4.78 is 0. The Balaban J connectivity index is 1.60. The molecular weight excluding hydrogens is 424 g/mol. The summed E-state index contributed by atoms with van der Waals surface area (Å²) in [5, 5.41) is 0. The second-order valence-corrected chi connectivity index (χ2v) is 8.49. The first kappa shape index (κ1) is 21.8. The molecule has 9 heteroatoms. The third-order valence-electron chi connectivity index (χ3n) is 5.22. The number of aromatic nitrogens is 2. The zero-order valence-electron chi connectivity index (χ0n) is 17.5. The molecule has 0 spiro atoms. The fourth-order valence-electron chi connectivity index (χ4n) is 3.46. The van der Waals surface area contributed by atoms with E-state index in [2.05, 4.69) is 15.4 Å². The van der Waals surface area contributed by atoms with Crippen molar-refractivity contribution in [1.29, 1.82) is 0 Å². The molecule has 3 aromatic rings. The number of amides is 3. The number of hydrogen-bond acceptors (Lipinski definition) is 6. The van der Waals surface area contributed by atoms with E-state index in [1.165, 1.54) is 6.20 Å². The minimum atomic E-state index is -0.409. The van der Waals surface area contributed by atoms with Crippen LogP contribution in [0.3, 0.4) is 0 Å². The van der Waals surface area contributed by atoms with Gasteiger partial charge in [-0.25, -0.2) is 10.6 Å². The number of hydrazine groups is 1. The number of benzene rings is 1. The summed E-state index contributed by atoms with van der Waals surface area (Å²) in [5.74, 6) is 6.64. The number of nitrogens with zero attached hydrogens (tertiary/aromatic N) is 4. The molecule has 0 radical (unpaired) electrons. The fraction of sp³-hybridized carbons (Fsp3) is 0.217. The lowest BCUT2D eigenvalue weighted by atomic mass is 10.1. The fourth-order valence-corrected chi connectivity index (χ4v) is 4.36. The summed E-state index contributed by atoms with van der Waals surface area (Å²) in [6.45, 7) is 1.73. The van der Waals surface area contributed by atoms with Gasteiger partial charge < -0.3 is 4.90 Å². The van der Waals surface area contributed by atoms with Gasteiger partial charge in [0, 0.05) is 48.9 Å². The van der Waals surface area contributed by atoms with Crippen LogP contribution in [0.4, 0.5) is 10.5 Å². The Bertz CT molecular complexity index is 1050. The summed E-state index contributed by atoms with van der Waals surface area (Å²) in [5.41, 5.74) is 5.96. The summed E-state index contributed by atoms with van der Waals surface area (Å²) in [7, 11) is 0. The average molecular weight is 449 g/mol. The van der Waals surface area contributed by atoms with Crippen molar-refractivity contribution >= 4 is 29.4 Å². The van der Waals surface area contributed by atoms with Gasteiger partial charge in [-0.1, -0.05) is 18.2 Å². The van der Waals surface area contributed by atoms with Crippen LogP contribution in [0.15, 0.2) is 67.1 Å². The number of anilines is 1. The predicted octanol–water partition coefficient (Wildman–Crippen LogP) is 2.92. The third kappa shape index (κ3) is 5.06. The number of urea groups is 1. The Morgan fingerprint density at radius 2 is 1.81 bits per heavy atom. The monoisotopic (exact) mass is 448 g/mol. The number of pyridine rings is 2. The molecule has 1 aromatic carbocycles. The number of thioether (sulfide) groups is 1. The van der Waals surface area contributed by atoms with E-state index in [0.29, 0.717) is 17.8 Å². The number of nitrogen functional groups attached to an aromatic ring is 1. The van der Waals surface area contributed by atoms with Crippen LogP contribution in [-0.4, -0.2) is 51.4 Å². The highest BCUT2D eigenvalue weighted by Gasteiger charge is 2.25. The molecule has 164 valence electrons.